The molecule has 0 saturated carbocycles. The number of rotatable bonds is 3. The van der Waals surface area contributed by atoms with E-state index in [2.05, 4.69) is 9.72 Å². The minimum absolute atomic E-state index is 0.394. The average Bonchev–Trinajstić information content (AvgIpc) is 2.41. The van der Waals surface area contributed by atoms with Crippen LogP contribution in [0.4, 0.5) is 0 Å². The third-order valence-corrected chi connectivity index (χ3v) is 2.49. The van der Waals surface area contributed by atoms with Crippen molar-refractivity contribution < 1.29 is 14.3 Å². The van der Waals surface area contributed by atoms with Gasteiger partial charge in [0.25, 0.3) is 5.91 Å². The van der Waals surface area contributed by atoms with Crippen LogP contribution in [0.1, 0.15) is 20.4 Å². The van der Waals surface area contributed by atoms with Crippen molar-refractivity contribution in [1.29, 1.82) is 0 Å². The second-order valence-electron chi connectivity index (χ2n) is 2.69. The lowest BCUT2D eigenvalue weighted by molar-refractivity contribution is -0.121. The van der Waals surface area contributed by atoms with Gasteiger partial charge in [-0.05, 0) is 13.8 Å². The molecule has 1 heterocycles. The van der Waals surface area contributed by atoms with Crippen molar-refractivity contribution in [1.82, 2.24) is 4.98 Å². The number of nitrogens with two attached hydrogens (primary N) is 1. The van der Waals surface area contributed by atoms with Crippen molar-refractivity contribution in [2.75, 3.05) is 6.61 Å². The zero-order valence-corrected chi connectivity index (χ0v) is 8.68. The molecular weight excluding hydrogens is 204 g/mol. The van der Waals surface area contributed by atoms with Gasteiger partial charge < -0.3 is 10.5 Å². The van der Waals surface area contributed by atoms with Crippen LogP contribution in [0.5, 0.6) is 0 Å². The van der Waals surface area contributed by atoms with E-state index in [1.54, 1.807) is 13.8 Å². The van der Waals surface area contributed by atoms with Crippen LogP contribution in [0.3, 0.4) is 0 Å². The first-order valence-electron chi connectivity index (χ1n) is 3.90. The van der Waals surface area contributed by atoms with Gasteiger partial charge in [0.15, 0.2) is 6.61 Å². The summed E-state index contributed by atoms with van der Waals surface area (Å²) in [6.45, 7) is 3.11. The molecule has 0 aliphatic carbocycles. The fourth-order valence-corrected chi connectivity index (χ4v) is 1.74. The van der Waals surface area contributed by atoms with Gasteiger partial charge in [-0.2, -0.15) is 0 Å². The van der Waals surface area contributed by atoms with Crippen molar-refractivity contribution in [3.63, 3.8) is 0 Å². The average molecular weight is 214 g/mol. The second-order valence-corrected chi connectivity index (χ2v) is 3.89. The van der Waals surface area contributed by atoms with Gasteiger partial charge in [-0.3, -0.25) is 4.79 Å². The molecule has 6 heteroatoms. The number of hydrogen-bond donors (Lipinski definition) is 1. The minimum atomic E-state index is -0.669. The van der Waals surface area contributed by atoms with Gasteiger partial charge in [-0.15, -0.1) is 11.3 Å². The topological polar surface area (TPSA) is 82.3 Å². The largest absolute Gasteiger partial charge is 0.451 e. The van der Waals surface area contributed by atoms with Gasteiger partial charge in [0.1, 0.15) is 4.88 Å². The molecule has 1 amide bonds. The summed E-state index contributed by atoms with van der Waals surface area (Å²) in [5.74, 6) is -1.22. The van der Waals surface area contributed by atoms with E-state index >= 15 is 0 Å². The highest BCUT2D eigenvalue weighted by Gasteiger charge is 2.15. The third kappa shape index (κ3) is 2.53. The van der Waals surface area contributed by atoms with E-state index in [0.29, 0.717) is 10.6 Å². The fraction of sp³-hybridized carbons (Fsp3) is 0.375. The van der Waals surface area contributed by atoms with E-state index in [-0.39, 0.29) is 0 Å². The molecule has 76 valence electrons. The van der Waals surface area contributed by atoms with E-state index in [0.717, 1.165) is 5.01 Å². The Labute approximate surface area is 84.9 Å². The van der Waals surface area contributed by atoms with Crippen LogP contribution in [0, 0.1) is 13.8 Å². The molecule has 1 aromatic rings. The van der Waals surface area contributed by atoms with Crippen molar-refractivity contribution in [2.24, 2.45) is 5.73 Å². The number of ether oxygens (including phenoxy) is 1. The molecule has 1 aromatic heterocycles. The predicted octanol–water partition coefficient (Wildman–Crippen LogP) is 0.402. The summed E-state index contributed by atoms with van der Waals surface area (Å²) in [5.41, 5.74) is 5.45. The molecule has 0 fully saturated rings. The van der Waals surface area contributed by atoms with E-state index in [1.807, 2.05) is 0 Å². The number of aromatic nitrogens is 1. The number of amides is 1. The quantitative estimate of drug-likeness (QED) is 0.738. The van der Waals surface area contributed by atoms with Crippen LogP contribution in [-0.2, 0) is 9.53 Å². The number of esters is 1. The summed E-state index contributed by atoms with van der Waals surface area (Å²) in [6, 6.07) is 0. The fourth-order valence-electron chi connectivity index (χ4n) is 0.923. The first-order chi connectivity index (χ1) is 6.50. The zero-order valence-electron chi connectivity index (χ0n) is 7.86. The molecule has 0 spiro atoms. The third-order valence-electron chi connectivity index (χ3n) is 1.43. The maximum Gasteiger partial charge on any atom is 0.350 e. The molecule has 0 aromatic carbocycles. The Kier molecular flexibility index (Phi) is 3.19. The van der Waals surface area contributed by atoms with E-state index in [1.165, 1.54) is 11.3 Å². The molecule has 0 atom stereocenters. The molecule has 0 aliphatic rings. The summed E-state index contributed by atoms with van der Waals surface area (Å²) in [6.07, 6.45) is 0. The molecule has 2 N–H and O–H groups in total. The molecule has 0 radical (unpaired) electrons. The van der Waals surface area contributed by atoms with Gasteiger partial charge in [-0.1, -0.05) is 0 Å². The Morgan fingerprint density at radius 2 is 2.14 bits per heavy atom. The van der Waals surface area contributed by atoms with Gasteiger partial charge in [0.2, 0.25) is 0 Å². The predicted molar refractivity (Wildman–Crippen MR) is 51.1 cm³/mol. The highest BCUT2D eigenvalue weighted by molar-refractivity contribution is 7.13. The van der Waals surface area contributed by atoms with Crippen molar-refractivity contribution in [2.45, 2.75) is 13.8 Å². The number of thiazole rings is 1. The standard InChI is InChI=1S/C8H10N2O3S/c1-4-7(14-5(2)10-4)8(12)13-3-6(9)11/h3H2,1-2H3,(H2,9,11). The summed E-state index contributed by atoms with van der Waals surface area (Å²) in [4.78, 5) is 26.2. The number of hydrogen-bond acceptors (Lipinski definition) is 5. The number of nitrogens with zero attached hydrogens (tertiary/aromatic N) is 1. The highest BCUT2D eigenvalue weighted by atomic mass is 32.1. The van der Waals surface area contributed by atoms with E-state index < -0.39 is 18.5 Å². The maximum atomic E-state index is 11.3. The van der Waals surface area contributed by atoms with Crippen LogP contribution in [0.25, 0.3) is 0 Å². The Morgan fingerprint density at radius 1 is 1.50 bits per heavy atom. The van der Waals surface area contributed by atoms with Gasteiger partial charge in [0.05, 0.1) is 10.7 Å². The second kappa shape index (κ2) is 4.19. The van der Waals surface area contributed by atoms with Crippen molar-refractivity contribution in [3.8, 4) is 0 Å². The molecule has 0 aliphatic heterocycles. The number of carbonyl (C=O) groups is 2. The van der Waals surface area contributed by atoms with E-state index in [4.69, 9.17) is 5.73 Å². The molecule has 14 heavy (non-hydrogen) atoms. The molecule has 0 unspecified atom stereocenters. The summed E-state index contributed by atoms with van der Waals surface area (Å²) in [5, 5.41) is 0.786. The molecular formula is C8H10N2O3S. The number of carbonyl (C=O) groups excluding carboxylic acids is 2. The van der Waals surface area contributed by atoms with E-state index in [9.17, 15) is 9.59 Å². The summed E-state index contributed by atoms with van der Waals surface area (Å²) < 4.78 is 4.64. The summed E-state index contributed by atoms with van der Waals surface area (Å²) in [7, 11) is 0. The van der Waals surface area contributed by atoms with Gasteiger partial charge in [0, 0.05) is 0 Å². The smallest absolute Gasteiger partial charge is 0.350 e. The van der Waals surface area contributed by atoms with Crippen molar-refractivity contribution in [3.05, 3.63) is 15.6 Å². The lowest BCUT2D eigenvalue weighted by Crippen LogP contribution is -2.20. The van der Waals surface area contributed by atoms with Crippen LogP contribution in [-0.4, -0.2) is 23.5 Å². The van der Waals surface area contributed by atoms with Crippen LogP contribution in [0.2, 0.25) is 0 Å². The van der Waals surface area contributed by atoms with Crippen LogP contribution in [0.15, 0.2) is 0 Å². The molecule has 0 saturated heterocycles. The van der Waals surface area contributed by atoms with Gasteiger partial charge in [-0.25, -0.2) is 9.78 Å². The Balaban J connectivity index is 2.69. The number of aryl methyl sites for hydroxylation is 2. The molecule has 0 bridgehead atoms. The molecule has 5 nitrogen and oxygen atoms in total. The molecule has 1 rings (SSSR count). The first kappa shape index (κ1) is 10.6. The van der Waals surface area contributed by atoms with Crippen LogP contribution < -0.4 is 5.73 Å². The first-order valence-corrected chi connectivity index (χ1v) is 4.72. The number of primary amides is 1. The van der Waals surface area contributed by atoms with Gasteiger partial charge >= 0.3 is 5.97 Å². The highest BCUT2D eigenvalue weighted by Crippen LogP contribution is 2.17. The van der Waals surface area contributed by atoms with Crippen LogP contribution >= 0.6 is 11.3 Å². The minimum Gasteiger partial charge on any atom is -0.451 e. The van der Waals surface area contributed by atoms with Crippen molar-refractivity contribution >= 4 is 23.2 Å². The summed E-state index contributed by atoms with van der Waals surface area (Å²) >= 11 is 1.24. The lowest BCUT2D eigenvalue weighted by atomic mass is 10.4. The lowest BCUT2D eigenvalue weighted by Gasteiger charge is -1.99. The normalized spacial score (nSPS) is 9.86. The Morgan fingerprint density at radius 3 is 2.57 bits per heavy atom. The monoisotopic (exact) mass is 214 g/mol. The Bertz CT molecular complexity index is 373. The SMILES string of the molecule is Cc1nc(C)c(C(=O)OCC(N)=O)s1. The Hall–Kier alpha value is -1.43. The maximum absolute atomic E-state index is 11.3. The zero-order chi connectivity index (χ0) is 10.7.